The van der Waals surface area contributed by atoms with E-state index in [1.807, 2.05) is 47.0 Å². The number of nitrogens with zero attached hydrogens (tertiary/aromatic N) is 1. The minimum absolute atomic E-state index is 0.121. The number of rotatable bonds is 3. The van der Waals surface area contributed by atoms with Crippen molar-refractivity contribution in [2.24, 2.45) is 5.73 Å². The zero-order valence-electron chi connectivity index (χ0n) is 10.4. The van der Waals surface area contributed by atoms with E-state index in [4.69, 9.17) is 11.1 Å². The largest absolute Gasteiger partial charge is 0.370 e. The maximum atomic E-state index is 7.75. The molecule has 4 heteroatoms. The fourth-order valence-corrected chi connectivity index (χ4v) is 3.39. The van der Waals surface area contributed by atoms with Crippen molar-refractivity contribution in [1.29, 1.82) is 5.41 Å². The first kappa shape index (κ1) is 12.4. The van der Waals surface area contributed by atoms with E-state index in [1.165, 1.54) is 10.8 Å². The van der Waals surface area contributed by atoms with Crippen LogP contribution in [0.1, 0.15) is 5.56 Å². The highest BCUT2D eigenvalue weighted by Crippen LogP contribution is 2.11. The van der Waals surface area contributed by atoms with Gasteiger partial charge in [-0.3, -0.25) is 5.41 Å². The fourth-order valence-electron chi connectivity index (χ4n) is 1.88. The molecule has 0 radical (unpaired) electrons. The number of anilines is 1. The predicted molar refractivity (Wildman–Crippen MR) is 80.2 cm³/mol. The van der Waals surface area contributed by atoms with E-state index in [0.29, 0.717) is 0 Å². The van der Waals surface area contributed by atoms with Gasteiger partial charge in [0.1, 0.15) is 0 Å². The van der Waals surface area contributed by atoms with Gasteiger partial charge in [-0.15, -0.1) is 0 Å². The fraction of sp³-hybridized carbons (Fsp3) is 0.0714. The Morgan fingerprint density at radius 3 is 2.28 bits per heavy atom. The van der Waals surface area contributed by atoms with Gasteiger partial charge in [-0.25, -0.2) is 0 Å². The summed E-state index contributed by atoms with van der Waals surface area (Å²) in [5.41, 5.74) is 7.98. The number of hydrogen-bond donors (Lipinski definition) is 2. The van der Waals surface area contributed by atoms with Crippen LogP contribution in [0.25, 0.3) is 0 Å². The van der Waals surface area contributed by atoms with Crippen LogP contribution in [-0.2, 0) is 0 Å². The molecule has 0 unspecified atom stereocenters. The first-order chi connectivity index (χ1) is 8.68. The summed E-state index contributed by atoms with van der Waals surface area (Å²) in [6.07, 6.45) is 0. The number of hydrogen-bond acceptors (Lipinski definition) is 1. The highest BCUT2D eigenvalue weighted by molar-refractivity contribution is 6.62. The lowest BCUT2D eigenvalue weighted by Crippen LogP contribution is -2.45. The van der Waals surface area contributed by atoms with E-state index in [-0.39, 0.29) is 5.96 Å². The highest BCUT2D eigenvalue weighted by Gasteiger charge is 2.11. The maximum absolute atomic E-state index is 7.75. The second-order valence-electron chi connectivity index (χ2n) is 4.23. The minimum Gasteiger partial charge on any atom is -0.370 e. The van der Waals surface area contributed by atoms with Crippen molar-refractivity contribution >= 4 is 26.5 Å². The summed E-state index contributed by atoms with van der Waals surface area (Å²) in [6, 6.07) is 18.2. The molecule has 0 fully saturated rings. The molecule has 0 spiro atoms. The van der Waals surface area contributed by atoms with Crippen molar-refractivity contribution < 1.29 is 0 Å². The van der Waals surface area contributed by atoms with Gasteiger partial charge in [-0.2, -0.15) is 0 Å². The van der Waals surface area contributed by atoms with Gasteiger partial charge in [0.25, 0.3) is 0 Å². The zero-order valence-corrected chi connectivity index (χ0v) is 11.8. The van der Waals surface area contributed by atoms with Crippen LogP contribution in [0, 0.1) is 12.3 Å². The van der Waals surface area contributed by atoms with Crippen LogP contribution in [0.5, 0.6) is 0 Å². The molecule has 0 saturated carbocycles. The lowest BCUT2D eigenvalue weighted by atomic mass is 10.2. The van der Waals surface area contributed by atoms with Gasteiger partial charge in [0, 0.05) is 5.69 Å². The lowest BCUT2D eigenvalue weighted by Gasteiger charge is -2.23. The van der Waals surface area contributed by atoms with Gasteiger partial charge in [-0.1, -0.05) is 48.0 Å². The van der Waals surface area contributed by atoms with Gasteiger partial charge >= 0.3 is 0 Å². The van der Waals surface area contributed by atoms with E-state index in [2.05, 4.69) is 19.1 Å². The monoisotopic (exact) mass is 255 g/mol. The molecule has 0 heterocycles. The van der Waals surface area contributed by atoms with Crippen LogP contribution in [0.4, 0.5) is 5.69 Å². The van der Waals surface area contributed by atoms with Crippen LogP contribution in [0.3, 0.4) is 0 Å². The van der Waals surface area contributed by atoms with E-state index in [0.717, 1.165) is 5.69 Å². The minimum atomic E-state index is -0.788. The normalized spacial score (nSPS) is 10.7. The smallest absolute Gasteiger partial charge is 0.184 e. The summed E-state index contributed by atoms with van der Waals surface area (Å²) in [5.74, 6) is 0.121. The van der Waals surface area contributed by atoms with Gasteiger partial charge in [0.15, 0.2) is 15.6 Å². The predicted octanol–water partition coefficient (Wildman–Crippen LogP) is 1.10. The Balaban J connectivity index is 2.28. The summed E-state index contributed by atoms with van der Waals surface area (Å²) < 4.78 is 1.93. The molecule has 0 aliphatic rings. The van der Waals surface area contributed by atoms with Crippen LogP contribution in [0.15, 0.2) is 54.6 Å². The van der Waals surface area contributed by atoms with Crippen molar-refractivity contribution in [3.8, 4) is 0 Å². The van der Waals surface area contributed by atoms with E-state index >= 15 is 0 Å². The molecule has 3 N–H and O–H groups in total. The Bertz CT molecular complexity index is 540. The second-order valence-corrected chi connectivity index (χ2v) is 5.94. The average Bonchev–Trinajstić information content (AvgIpc) is 2.38. The summed E-state index contributed by atoms with van der Waals surface area (Å²) in [4.78, 5) is 0. The number of nitrogens with two attached hydrogens (primary N) is 1. The number of para-hydroxylation sites is 1. The molecule has 0 amide bonds. The van der Waals surface area contributed by atoms with Crippen LogP contribution in [0.2, 0.25) is 0 Å². The average molecular weight is 255 g/mol. The molecule has 18 heavy (non-hydrogen) atoms. The molecule has 2 aromatic rings. The summed E-state index contributed by atoms with van der Waals surface area (Å²) in [5, 5.41) is 9.06. The van der Waals surface area contributed by atoms with Crippen molar-refractivity contribution in [3.63, 3.8) is 0 Å². The first-order valence-corrected chi connectivity index (χ1v) is 7.23. The molecule has 0 bridgehead atoms. The zero-order chi connectivity index (χ0) is 13.0. The lowest BCUT2D eigenvalue weighted by molar-refractivity contribution is 1.33. The number of nitrogens with one attached hydrogen (secondary N) is 1. The van der Waals surface area contributed by atoms with Gasteiger partial charge in [0.05, 0.1) is 0 Å². The molecular weight excluding hydrogens is 238 g/mol. The molecule has 0 aromatic heterocycles. The molecule has 92 valence electrons. The molecule has 3 nitrogen and oxygen atoms in total. The van der Waals surface area contributed by atoms with Gasteiger partial charge < -0.3 is 10.3 Å². The third-order valence-electron chi connectivity index (χ3n) is 2.95. The number of benzene rings is 2. The van der Waals surface area contributed by atoms with Crippen molar-refractivity contribution in [1.82, 2.24) is 0 Å². The Kier molecular flexibility index (Phi) is 3.79. The Hall–Kier alpha value is -2.07. The summed E-state index contributed by atoms with van der Waals surface area (Å²) in [6.45, 7) is 2.10. The third-order valence-corrected chi connectivity index (χ3v) is 5.10. The Morgan fingerprint density at radius 1 is 1.06 bits per heavy atom. The third kappa shape index (κ3) is 2.78. The van der Waals surface area contributed by atoms with Crippen molar-refractivity contribution in [2.45, 2.75) is 6.92 Å². The van der Waals surface area contributed by atoms with E-state index in [1.54, 1.807) is 0 Å². The standard InChI is InChI=1S/C14H17N3Si/c1-11-7-5-6-10-13(11)18-17(14(15)16)12-8-3-2-4-9-12/h2-10H,18H2,1H3,(H3,15,16). The molecule has 0 aliphatic heterocycles. The van der Waals surface area contributed by atoms with Crippen LogP contribution >= 0.6 is 0 Å². The Morgan fingerprint density at radius 2 is 1.67 bits per heavy atom. The summed E-state index contributed by atoms with van der Waals surface area (Å²) in [7, 11) is -0.788. The van der Waals surface area contributed by atoms with Gasteiger partial charge in [0.2, 0.25) is 0 Å². The van der Waals surface area contributed by atoms with E-state index < -0.39 is 9.68 Å². The molecular formula is C14H17N3Si. The molecule has 0 atom stereocenters. The molecule has 2 aromatic carbocycles. The quantitative estimate of drug-likeness (QED) is 0.490. The number of guanidine groups is 1. The second kappa shape index (κ2) is 5.51. The Labute approximate surface area is 110 Å². The van der Waals surface area contributed by atoms with Crippen molar-refractivity contribution in [3.05, 3.63) is 60.2 Å². The topological polar surface area (TPSA) is 53.1 Å². The molecule has 2 rings (SSSR count). The molecule has 0 aliphatic carbocycles. The first-order valence-electron chi connectivity index (χ1n) is 5.89. The van der Waals surface area contributed by atoms with Gasteiger partial charge in [-0.05, 0) is 24.2 Å². The molecule has 0 saturated heterocycles. The highest BCUT2D eigenvalue weighted by atomic mass is 28.2. The van der Waals surface area contributed by atoms with Crippen LogP contribution < -0.4 is 15.5 Å². The van der Waals surface area contributed by atoms with Crippen LogP contribution in [-0.4, -0.2) is 15.6 Å². The van der Waals surface area contributed by atoms with Crippen molar-refractivity contribution in [2.75, 3.05) is 4.57 Å². The van der Waals surface area contributed by atoms with E-state index in [9.17, 15) is 0 Å². The maximum Gasteiger partial charge on any atom is 0.184 e. The number of aryl methyl sites for hydroxylation is 1. The SMILES string of the molecule is Cc1ccccc1[SiH2]N(C(=N)N)c1ccccc1. The summed E-state index contributed by atoms with van der Waals surface area (Å²) >= 11 is 0.